The highest BCUT2D eigenvalue weighted by atomic mass is 32.1. The Morgan fingerprint density at radius 3 is 1.80 bits per heavy atom. The number of primary amides is 2. The Kier molecular flexibility index (Phi) is 25.5. The molecule has 0 radical (unpaired) electrons. The van der Waals surface area contributed by atoms with Gasteiger partial charge in [0.05, 0.1) is 13.0 Å². The van der Waals surface area contributed by atoms with Gasteiger partial charge >= 0.3 is 5.97 Å². The molecular weight excluding hydrogens is 1010 g/mol. The van der Waals surface area contributed by atoms with Crippen molar-refractivity contribution in [3.8, 4) is 5.75 Å². The largest absolute Gasteiger partial charge is 0.508 e. The number of nitrogens with zero attached hydrogens (tertiary/aromatic N) is 2. The fourth-order valence-corrected chi connectivity index (χ4v) is 7.99. The Hall–Kier alpha value is -7.62. The van der Waals surface area contributed by atoms with Gasteiger partial charge in [0.15, 0.2) is 5.96 Å². The van der Waals surface area contributed by atoms with Crippen molar-refractivity contribution >= 4 is 96.3 Å². The molecule has 17 N–H and O–H groups in total. The van der Waals surface area contributed by atoms with Gasteiger partial charge in [0.2, 0.25) is 59.1 Å². The average molecular weight is 1070 g/mol. The number of aliphatic imine (C=N–C) groups is 1. The number of hydrogen-bond donors (Lipinski definition) is 15. The third kappa shape index (κ3) is 21.2. The lowest BCUT2D eigenvalue weighted by atomic mass is 10.0. The van der Waals surface area contributed by atoms with Gasteiger partial charge in [-0.3, -0.25) is 52.9 Å². The van der Waals surface area contributed by atoms with Crippen LogP contribution < -0.4 is 60.2 Å². The minimum atomic E-state index is -1.98. The molecule has 0 unspecified atom stereocenters. The van der Waals surface area contributed by atoms with E-state index in [0.29, 0.717) is 17.5 Å². The molecule has 3 rings (SSSR count). The van der Waals surface area contributed by atoms with Crippen molar-refractivity contribution in [2.24, 2.45) is 27.9 Å². The van der Waals surface area contributed by atoms with Crippen LogP contribution in [0.2, 0.25) is 0 Å². The van der Waals surface area contributed by atoms with Gasteiger partial charge in [-0.2, -0.15) is 25.3 Å². The number of thiol groups is 2. The first-order valence-corrected chi connectivity index (χ1v) is 24.6. The summed E-state index contributed by atoms with van der Waals surface area (Å²) in [7, 11) is 0. The molecule has 0 bridgehead atoms. The standard InChI is InChI=1S/C46H65N13O13S2/c47-35(61)15-14-29(55-42(68)31(20-25-6-2-1-3-7-25)57-41(67)30(53-37(63)16-19-73)21-26-10-12-27(60)13-11-26)40(66)58-32(45(71)72)22-38(64)54-33(24-74)44(70)59-18-5-9-34(59)43(69)56-28(8-4-17-51-46(49)50)39(65)52-23-36(48)62/h1-3,6-7,10-13,28-34,60,73-74H,4-5,8-9,14-24H2,(H2,47,61)(H2,48,62)(H,52,65)(H,53,63)(H,54,64)(H,55,68)(H,56,69)(H,57,67)(H,58,66)(H,71,72)(H4,49,50,51)/t28-,29+,30+,31+,32+,33+,34+/m1/s1. The molecular formula is C46H65N13O13S2. The monoisotopic (exact) mass is 1070 g/mol. The number of phenolic OH excluding ortho intramolecular Hbond substituents is 1. The number of benzene rings is 2. The van der Waals surface area contributed by atoms with Gasteiger partial charge in [-0.05, 0) is 61.1 Å². The van der Waals surface area contributed by atoms with Crippen LogP contribution in [-0.2, 0) is 65.6 Å². The van der Waals surface area contributed by atoms with Crippen LogP contribution in [0, 0.1) is 0 Å². The number of carbonyl (C=O) groups is 11. The Labute approximate surface area is 436 Å². The molecule has 7 atom stereocenters. The molecule has 74 heavy (non-hydrogen) atoms. The van der Waals surface area contributed by atoms with Crippen molar-refractivity contribution in [2.75, 3.05) is 31.1 Å². The number of nitrogens with two attached hydrogens (primary N) is 4. The molecule has 0 saturated carbocycles. The second kappa shape index (κ2) is 31.1. The number of carboxylic acids is 1. The zero-order chi connectivity index (χ0) is 54.9. The number of guanidine groups is 1. The van der Waals surface area contributed by atoms with E-state index < -0.39 is 133 Å². The number of amides is 10. The molecule has 10 amide bonds. The van der Waals surface area contributed by atoms with Crippen molar-refractivity contribution in [1.29, 1.82) is 0 Å². The summed E-state index contributed by atoms with van der Waals surface area (Å²) in [6.07, 6.45) is -1.41. The van der Waals surface area contributed by atoms with Crippen LogP contribution in [0.4, 0.5) is 0 Å². The summed E-state index contributed by atoms with van der Waals surface area (Å²) in [6, 6.07) is 4.19. The second-order valence-corrected chi connectivity index (χ2v) is 17.9. The van der Waals surface area contributed by atoms with Crippen molar-refractivity contribution < 1.29 is 63.0 Å². The van der Waals surface area contributed by atoms with Gasteiger partial charge < -0.3 is 75.3 Å². The molecule has 1 heterocycles. The van der Waals surface area contributed by atoms with Gasteiger partial charge in [0.25, 0.3) is 0 Å². The lowest BCUT2D eigenvalue weighted by Gasteiger charge is -2.29. The Morgan fingerprint density at radius 2 is 1.22 bits per heavy atom. The van der Waals surface area contributed by atoms with Crippen LogP contribution in [0.25, 0.3) is 0 Å². The zero-order valence-corrected chi connectivity index (χ0v) is 42.1. The molecule has 1 aliphatic rings. The summed E-state index contributed by atoms with van der Waals surface area (Å²) < 4.78 is 0. The zero-order valence-electron chi connectivity index (χ0n) is 40.3. The maximum absolute atomic E-state index is 14.1. The summed E-state index contributed by atoms with van der Waals surface area (Å²) in [4.78, 5) is 149. The third-order valence-electron chi connectivity index (χ3n) is 11.3. The minimum absolute atomic E-state index is 0.0271. The van der Waals surface area contributed by atoms with E-state index >= 15 is 0 Å². The van der Waals surface area contributed by atoms with Crippen LogP contribution >= 0.6 is 25.3 Å². The predicted molar refractivity (Wildman–Crippen MR) is 273 cm³/mol. The molecule has 0 aliphatic carbocycles. The summed E-state index contributed by atoms with van der Waals surface area (Å²) in [5, 5.41) is 37.1. The van der Waals surface area contributed by atoms with E-state index in [2.05, 4.69) is 67.5 Å². The smallest absolute Gasteiger partial charge is 0.326 e. The number of rotatable bonds is 31. The first-order valence-electron chi connectivity index (χ1n) is 23.4. The predicted octanol–water partition coefficient (Wildman–Crippen LogP) is -4.28. The number of phenols is 1. The molecule has 26 nitrogen and oxygen atoms in total. The van der Waals surface area contributed by atoms with Crippen LogP contribution in [-0.4, -0.2) is 160 Å². The van der Waals surface area contributed by atoms with E-state index in [1.54, 1.807) is 30.3 Å². The highest BCUT2D eigenvalue weighted by Crippen LogP contribution is 2.20. The van der Waals surface area contributed by atoms with Crippen molar-refractivity contribution in [3.63, 3.8) is 0 Å². The number of likely N-dealkylation sites (tertiary alicyclic amines) is 1. The summed E-state index contributed by atoms with van der Waals surface area (Å²) >= 11 is 8.28. The molecule has 404 valence electrons. The van der Waals surface area contributed by atoms with Crippen molar-refractivity contribution in [2.45, 2.75) is 107 Å². The van der Waals surface area contributed by atoms with E-state index in [1.165, 1.54) is 29.2 Å². The van der Waals surface area contributed by atoms with Gasteiger partial charge in [0.1, 0.15) is 48.0 Å². The molecule has 1 aliphatic heterocycles. The number of aromatic hydroxyl groups is 1. The average Bonchev–Trinajstić information content (AvgIpc) is 3.85. The molecule has 2 aromatic carbocycles. The van der Waals surface area contributed by atoms with Gasteiger partial charge in [-0.15, -0.1) is 0 Å². The fraction of sp³-hybridized carbons (Fsp3) is 0.478. The summed E-state index contributed by atoms with van der Waals surface area (Å²) in [6.45, 7) is -0.355. The van der Waals surface area contributed by atoms with Gasteiger partial charge in [-0.1, -0.05) is 42.5 Å². The normalized spacial score (nSPS) is 15.3. The van der Waals surface area contributed by atoms with Gasteiger partial charge in [-0.25, -0.2) is 4.79 Å². The fourth-order valence-electron chi connectivity index (χ4n) is 7.54. The Balaban J connectivity index is 1.78. The van der Waals surface area contributed by atoms with Gasteiger partial charge in [0, 0.05) is 44.5 Å². The quantitative estimate of drug-likeness (QED) is 0.0147. The molecule has 0 spiro atoms. The summed E-state index contributed by atoms with van der Waals surface area (Å²) in [5.41, 5.74) is 22.4. The first kappa shape index (κ1) is 60.7. The first-order chi connectivity index (χ1) is 35.1. The van der Waals surface area contributed by atoms with Crippen LogP contribution in [0.5, 0.6) is 5.75 Å². The van der Waals surface area contributed by atoms with Crippen LogP contribution in [0.1, 0.15) is 62.5 Å². The molecule has 1 fully saturated rings. The topological polar surface area (TPSA) is 432 Å². The highest BCUT2D eigenvalue weighted by molar-refractivity contribution is 7.80. The number of carboxylic acid groups (broad SMARTS) is 1. The Morgan fingerprint density at radius 1 is 0.649 bits per heavy atom. The van der Waals surface area contributed by atoms with Crippen molar-refractivity contribution in [3.05, 3.63) is 65.7 Å². The van der Waals surface area contributed by atoms with Crippen LogP contribution in [0.3, 0.4) is 0 Å². The molecule has 2 aromatic rings. The number of nitrogens with one attached hydrogen (secondary N) is 7. The third-order valence-corrected chi connectivity index (χ3v) is 11.9. The van der Waals surface area contributed by atoms with E-state index in [-0.39, 0.29) is 74.8 Å². The van der Waals surface area contributed by atoms with E-state index in [1.807, 2.05) is 0 Å². The minimum Gasteiger partial charge on any atom is -0.508 e. The number of hydrogen-bond acceptors (Lipinski definition) is 15. The lowest BCUT2D eigenvalue weighted by Crippen LogP contribution is -2.59. The van der Waals surface area contributed by atoms with Crippen molar-refractivity contribution in [1.82, 2.24) is 42.1 Å². The SMILES string of the molecule is NC(=O)CC[C@H](NC(=O)[C@H](Cc1ccccc1)NC(=O)[C@H](Cc1ccc(O)cc1)NC(=O)CCS)C(=O)N[C@@H](CC(=O)N[C@@H](CS)C(=O)N1CCC[C@H]1C(=O)N[C@H](CCCN=C(N)N)C(=O)NCC(N)=O)C(=O)O. The lowest BCUT2D eigenvalue weighted by molar-refractivity contribution is -0.145. The van der Waals surface area contributed by atoms with E-state index in [9.17, 15) is 63.0 Å². The van der Waals surface area contributed by atoms with E-state index in [4.69, 9.17) is 22.9 Å². The highest BCUT2D eigenvalue weighted by Gasteiger charge is 2.39. The second-order valence-electron chi connectivity index (χ2n) is 17.1. The number of aliphatic carboxylic acids is 1. The molecule has 1 saturated heterocycles. The summed E-state index contributed by atoms with van der Waals surface area (Å²) in [5.74, 6) is -10.6. The maximum atomic E-state index is 14.1. The van der Waals surface area contributed by atoms with E-state index in [0.717, 1.165) is 0 Å². The molecule has 28 heteroatoms. The Bertz CT molecular complexity index is 2340. The number of carbonyl (C=O) groups excluding carboxylic acids is 10. The van der Waals surface area contributed by atoms with Crippen LogP contribution in [0.15, 0.2) is 59.6 Å². The maximum Gasteiger partial charge on any atom is 0.326 e. The molecule has 0 aromatic heterocycles.